The van der Waals surface area contributed by atoms with Crippen LogP contribution in [0.25, 0.3) is 10.9 Å². The maximum absolute atomic E-state index is 11.8. The summed E-state index contributed by atoms with van der Waals surface area (Å²) in [5.41, 5.74) is 2.38. The number of nitrogens with one attached hydrogen (secondary N) is 2. The first-order chi connectivity index (χ1) is 14.5. The first-order valence-electron chi connectivity index (χ1n) is 9.49. The average molecular weight is 412 g/mol. The standard InChI is InChI=1S/C22H24N2O6/c1-29-21(27)17-12-24-18-8-7-15(11-16(17)18)20(26)19(25)9-10-23-22(28)30-13-14-5-3-2-4-6-14/h2-8,11-12,19-20,24-26H,9-10,13H2,1H3,(H,23,28). The van der Waals surface area contributed by atoms with Crippen molar-refractivity contribution in [3.63, 3.8) is 0 Å². The topological polar surface area (TPSA) is 121 Å². The van der Waals surface area contributed by atoms with Crippen molar-refractivity contribution >= 4 is 23.0 Å². The van der Waals surface area contributed by atoms with Crippen molar-refractivity contribution in [1.82, 2.24) is 10.3 Å². The number of aliphatic hydroxyl groups excluding tert-OH is 2. The van der Waals surface area contributed by atoms with Gasteiger partial charge in [-0.05, 0) is 29.7 Å². The Bertz CT molecular complexity index is 1000. The lowest BCUT2D eigenvalue weighted by Crippen LogP contribution is -2.29. The van der Waals surface area contributed by atoms with Crippen LogP contribution in [0.15, 0.2) is 54.7 Å². The van der Waals surface area contributed by atoms with Gasteiger partial charge in [-0.1, -0.05) is 36.4 Å². The van der Waals surface area contributed by atoms with E-state index in [2.05, 4.69) is 10.3 Å². The second kappa shape index (κ2) is 9.91. The molecule has 1 heterocycles. The first kappa shape index (κ1) is 21.4. The van der Waals surface area contributed by atoms with Crippen LogP contribution >= 0.6 is 0 Å². The van der Waals surface area contributed by atoms with Crippen molar-refractivity contribution in [3.8, 4) is 0 Å². The maximum atomic E-state index is 11.8. The van der Waals surface area contributed by atoms with Gasteiger partial charge in [0, 0.05) is 23.6 Å². The highest BCUT2D eigenvalue weighted by Gasteiger charge is 2.20. The number of carbonyl (C=O) groups is 2. The van der Waals surface area contributed by atoms with Crippen molar-refractivity contribution in [3.05, 3.63) is 71.4 Å². The van der Waals surface area contributed by atoms with Crippen LogP contribution in [0.2, 0.25) is 0 Å². The Hall–Kier alpha value is -3.36. The van der Waals surface area contributed by atoms with Crippen molar-refractivity contribution in [2.75, 3.05) is 13.7 Å². The van der Waals surface area contributed by atoms with Crippen LogP contribution in [0, 0.1) is 0 Å². The molecule has 1 amide bonds. The number of fused-ring (bicyclic) bond motifs is 1. The molecular weight excluding hydrogens is 388 g/mol. The largest absolute Gasteiger partial charge is 0.465 e. The van der Waals surface area contributed by atoms with Crippen LogP contribution in [0.1, 0.15) is 34.0 Å². The Balaban J connectivity index is 1.52. The molecule has 0 aliphatic heterocycles. The van der Waals surface area contributed by atoms with Gasteiger partial charge in [-0.3, -0.25) is 0 Å². The third-order valence-corrected chi connectivity index (χ3v) is 4.74. The van der Waals surface area contributed by atoms with Crippen LogP contribution in [0.5, 0.6) is 0 Å². The predicted molar refractivity (Wildman–Crippen MR) is 110 cm³/mol. The number of amides is 1. The molecule has 0 spiro atoms. The van der Waals surface area contributed by atoms with E-state index in [1.807, 2.05) is 30.3 Å². The van der Waals surface area contributed by atoms with E-state index >= 15 is 0 Å². The second-order valence-electron chi connectivity index (χ2n) is 6.79. The first-order valence-corrected chi connectivity index (χ1v) is 9.49. The minimum absolute atomic E-state index is 0.122. The fourth-order valence-electron chi connectivity index (χ4n) is 3.08. The number of aliphatic hydroxyl groups is 2. The summed E-state index contributed by atoms with van der Waals surface area (Å²) < 4.78 is 9.85. The summed E-state index contributed by atoms with van der Waals surface area (Å²) in [6.07, 6.45) is -1.24. The molecule has 0 aliphatic carbocycles. The lowest BCUT2D eigenvalue weighted by atomic mass is 10.00. The molecule has 1 aromatic heterocycles. The van der Waals surface area contributed by atoms with Crippen LogP contribution in [0.3, 0.4) is 0 Å². The summed E-state index contributed by atoms with van der Waals surface area (Å²) in [5, 5.41) is 23.9. The van der Waals surface area contributed by atoms with Crippen LogP contribution in [-0.2, 0) is 16.1 Å². The Morgan fingerprint density at radius 3 is 2.63 bits per heavy atom. The molecule has 30 heavy (non-hydrogen) atoms. The number of methoxy groups -OCH3 is 1. The third kappa shape index (κ3) is 5.16. The zero-order valence-corrected chi connectivity index (χ0v) is 16.5. The van der Waals surface area contributed by atoms with E-state index in [0.717, 1.165) is 5.56 Å². The van der Waals surface area contributed by atoms with Gasteiger partial charge in [0.2, 0.25) is 0 Å². The van der Waals surface area contributed by atoms with Crippen molar-refractivity contribution in [2.24, 2.45) is 0 Å². The predicted octanol–water partition coefficient (Wildman–Crippen LogP) is 2.67. The molecule has 2 unspecified atom stereocenters. The van der Waals surface area contributed by atoms with Crippen LogP contribution in [0.4, 0.5) is 4.79 Å². The molecule has 0 fully saturated rings. The highest BCUT2D eigenvalue weighted by molar-refractivity contribution is 6.04. The Morgan fingerprint density at radius 1 is 1.13 bits per heavy atom. The Kier molecular flexibility index (Phi) is 7.05. The van der Waals surface area contributed by atoms with Gasteiger partial charge in [0.05, 0.1) is 18.8 Å². The number of alkyl carbamates (subject to hydrolysis) is 1. The molecule has 158 valence electrons. The van der Waals surface area contributed by atoms with Gasteiger partial charge in [0.15, 0.2) is 0 Å². The summed E-state index contributed by atoms with van der Waals surface area (Å²) in [7, 11) is 1.29. The SMILES string of the molecule is COC(=O)c1c[nH]c2ccc(C(O)C(O)CCNC(=O)OCc3ccccc3)cc12. The minimum atomic E-state index is -1.18. The smallest absolute Gasteiger partial charge is 0.407 e. The van der Waals surface area contributed by atoms with Gasteiger partial charge < -0.3 is 30.0 Å². The van der Waals surface area contributed by atoms with Gasteiger partial charge in [-0.25, -0.2) is 9.59 Å². The van der Waals surface area contributed by atoms with E-state index in [4.69, 9.17) is 9.47 Å². The second-order valence-corrected chi connectivity index (χ2v) is 6.79. The van der Waals surface area contributed by atoms with E-state index in [1.54, 1.807) is 18.2 Å². The molecule has 3 rings (SSSR count). The highest BCUT2D eigenvalue weighted by atomic mass is 16.5. The molecule has 0 saturated carbocycles. The van der Waals surface area contributed by atoms with Crippen molar-refractivity contribution in [1.29, 1.82) is 0 Å². The molecule has 4 N–H and O–H groups in total. The number of H-pyrrole nitrogens is 1. The highest BCUT2D eigenvalue weighted by Crippen LogP contribution is 2.26. The Morgan fingerprint density at radius 2 is 1.90 bits per heavy atom. The summed E-state index contributed by atoms with van der Waals surface area (Å²) >= 11 is 0. The van der Waals surface area contributed by atoms with Crippen molar-refractivity contribution < 1.29 is 29.3 Å². The number of hydrogen-bond acceptors (Lipinski definition) is 6. The molecule has 0 aliphatic rings. The normalized spacial score (nSPS) is 12.9. The number of rotatable bonds is 8. The quantitative estimate of drug-likeness (QED) is 0.422. The molecule has 8 nitrogen and oxygen atoms in total. The third-order valence-electron chi connectivity index (χ3n) is 4.74. The van der Waals surface area contributed by atoms with Gasteiger partial charge in [-0.15, -0.1) is 0 Å². The molecule has 0 bridgehead atoms. The van der Waals surface area contributed by atoms with E-state index in [9.17, 15) is 19.8 Å². The number of aromatic amines is 1. The molecule has 8 heteroatoms. The van der Waals surface area contributed by atoms with Gasteiger partial charge in [0.1, 0.15) is 12.7 Å². The minimum Gasteiger partial charge on any atom is -0.465 e. The summed E-state index contributed by atoms with van der Waals surface area (Å²) in [6.45, 7) is 0.280. The van der Waals surface area contributed by atoms with E-state index in [-0.39, 0.29) is 19.6 Å². The monoisotopic (exact) mass is 412 g/mol. The van der Waals surface area contributed by atoms with E-state index < -0.39 is 24.3 Å². The van der Waals surface area contributed by atoms with Crippen LogP contribution in [-0.4, -0.2) is 47.0 Å². The molecule has 2 aromatic carbocycles. The number of carbonyl (C=O) groups excluding carboxylic acids is 2. The fourth-order valence-corrected chi connectivity index (χ4v) is 3.08. The Labute approximate surface area is 173 Å². The number of esters is 1. The zero-order valence-electron chi connectivity index (χ0n) is 16.5. The van der Waals surface area contributed by atoms with Gasteiger partial charge in [-0.2, -0.15) is 0 Å². The average Bonchev–Trinajstić information content (AvgIpc) is 3.20. The summed E-state index contributed by atoms with van der Waals surface area (Å²) in [4.78, 5) is 26.6. The molecule has 2 atom stereocenters. The number of hydrogen-bond donors (Lipinski definition) is 4. The lowest BCUT2D eigenvalue weighted by molar-refractivity contribution is 0.0137. The number of aromatic nitrogens is 1. The molecule has 3 aromatic rings. The molecule has 0 radical (unpaired) electrons. The van der Waals surface area contributed by atoms with E-state index in [1.165, 1.54) is 13.3 Å². The number of benzene rings is 2. The van der Waals surface area contributed by atoms with Crippen LogP contribution < -0.4 is 5.32 Å². The van der Waals surface area contributed by atoms with Gasteiger partial charge >= 0.3 is 12.1 Å². The van der Waals surface area contributed by atoms with Gasteiger partial charge in [0.25, 0.3) is 0 Å². The molecular formula is C22H24N2O6. The summed E-state index contributed by atoms with van der Waals surface area (Å²) in [5.74, 6) is -0.494. The molecule has 0 saturated heterocycles. The zero-order chi connectivity index (χ0) is 21.5. The fraction of sp³-hybridized carbons (Fsp3) is 0.273. The number of ether oxygens (including phenoxy) is 2. The van der Waals surface area contributed by atoms with Crippen molar-refractivity contribution in [2.45, 2.75) is 25.2 Å². The van der Waals surface area contributed by atoms with E-state index in [0.29, 0.717) is 22.0 Å². The maximum Gasteiger partial charge on any atom is 0.407 e. The summed E-state index contributed by atoms with van der Waals surface area (Å²) in [6, 6.07) is 14.3. The lowest BCUT2D eigenvalue weighted by Gasteiger charge is -2.18.